The molecule has 2 heterocycles. The number of hydrogen-bond acceptors (Lipinski definition) is 4. The molecule has 1 aromatic carbocycles. The summed E-state index contributed by atoms with van der Waals surface area (Å²) in [4.78, 5) is 11.0. The molecule has 1 atom stereocenters. The zero-order chi connectivity index (χ0) is 13.1. The Morgan fingerprint density at radius 3 is 2.84 bits per heavy atom. The number of nitrogens with one attached hydrogen (secondary N) is 1. The van der Waals surface area contributed by atoms with Crippen molar-refractivity contribution in [3.63, 3.8) is 0 Å². The average Bonchev–Trinajstić information content (AvgIpc) is 2.48. The molecule has 2 aromatic rings. The van der Waals surface area contributed by atoms with Gasteiger partial charge in [0.1, 0.15) is 12.1 Å². The van der Waals surface area contributed by atoms with E-state index in [2.05, 4.69) is 56.6 Å². The van der Waals surface area contributed by atoms with Gasteiger partial charge in [-0.3, -0.25) is 0 Å². The van der Waals surface area contributed by atoms with Crippen molar-refractivity contribution in [3.8, 4) is 0 Å². The Morgan fingerprint density at radius 2 is 2.05 bits per heavy atom. The highest BCUT2D eigenvalue weighted by atomic mass is 15.3. The molecule has 0 bridgehead atoms. The van der Waals surface area contributed by atoms with Crippen molar-refractivity contribution < 1.29 is 0 Å². The minimum Gasteiger partial charge on any atom is -0.347 e. The Labute approximate surface area is 113 Å². The normalized spacial score (nSPS) is 19.4. The fourth-order valence-corrected chi connectivity index (χ4v) is 2.55. The quantitative estimate of drug-likeness (QED) is 0.889. The fraction of sp³-hybridized carbons (Fsp3) is 0.333. The number of piperazine rings is 1. The molecule has 1 fully saturated rings. The molecule has 4 nitrogen and oxygen atoms in total. The molecule has 4 heteroatoms. The zero-order valence-corrected chi connectivity index (χ0v) is 11.1. The Bertz CT molecular complexity index is 541. The number of anilines is 1. The van der Waals surface area contributed by atoms with E-state index in [9.17, 15) is 0 Å². The maximum atomic E-state index is 4.43. The summed E-state index contributed by atoms with van der Waals surface area (Å²) in [5.74, 6) is 1.02. The van der Waals surface area contributed by atoms with Crippen LogP contribution in [0.15, 0.2) is 42.7 Å². The van der Waals surface area contributed by atoms with Gasteiger partial charge < -0.3 is 10.2 Å². The predicted molar refractivity (Wildman–Crippen MR) is 76.2 cm³/mol. The topological polar surface area (TPSA) is 41.0 Å². The fourth-order valence-electron chi connectivity index (χ4n) is 2.55. The van der Waals surface area contributed by atoms with Crippen LogP contribution in [0.1, 0.15) is 17.3 Å². The number of hydrogen-bond donors (Lipinski definition) is 1. The van der Waals surface area contributed by atoms with Crippen molar-refractivity contribution >= 4 is 5.82 Å². The molecule has 3 rings (SSSR count). The molecular weight excluding hydrogens is 236 g/mol. The Kier molecular flexibility index (Phi) is 3.42. The van der Waals surface area contributed by atoms with Gasteiger partial charge in [0.25, 0.3) is 0 Å². The van der Waals surface area contributed by atoms with Gasteiger partial charge in [0.2, 0.25) is 0 Å². The monoisotopic (exact) mass is 254 g/mol. The van der Waals surface area contributed by atoms with Gasteiger partial charge in [-0.25, -0.2) is 9.97 Å². The highest BCUT2D eigenvalue weighted by Gasteiger charge is 2.24. The smallest absolute Gasteiger partial charge is 0.132 e. The van der Waals surface area contributed by atoms with E-state index in [-0.39, 0.29) is 0 Å². The van der Waals surface area contributed by atoms with Gasteiger partial charge in [-0.05, 0) is 12.5 Å². The Morgan fingerprint density at radius 1 is 1.21 bits per heavy atom. The average molecular weight is 254 g/mol. The molecule has 1 saturated heterocycles. The first-order valence-corrected chi connectivity index (χ1v) is 6.65. The van der Waals surface area contributed by atoms with E-state index in [1.165, 1.54) is 5.56 Å². The summed E-state index contributed by atoms with van der Waals surface area (Å²) in [6.45, 7) is 4.92. The van der Waals surface area contributed by atoms with Gasteiger partial charge in [0.15, 0.2) is 0 Å². The lowest BCUT2D eigenvalue weighted by Crippen LogP contribution is -2.46. The van der Waals surface area contributed by atoms with Crippen molar-refractivity contribution in [2.45, 2.75) is 13.0 Å². The van der Waals surface area contributed by atoms with E-state index in [4.69, 9.17) is 0 Å². The van der Waals surface area contributed by atoms with Crippen LogP contribution in [0.2, 0.25) is 0 Å². The van der Waals surface area contributed by atoms with Crippen LogP contribution in [0.4, 0.5) is 5.82 Å². The highest BCUT2D eigenvalue weighted by molar-refractivity contribution is 5.43. The molecule has 1 N–H and O–H groups in total. The third-order valence-corrected chi connectivity index (χ3v) is 3.51. The molecule has 0 aliphatic carbocycles. The molecule has 0 radical (unpaired) electrons. The van der Waals surface area contributed by atoms with Crippen molar-refractivity contribution in [2.24, 2.45) is 0 Å². The van der Waals surface area contributed by atoms with Gasteiger partial charge in [-0.1, -0.05) is 30.3 Å². The van der Waals surface area contributed by atoms with E-state index < -0.39 is 0 Å². The van der Waals surface area contributed by atoms with Gasteiger partial charge in [-0.15, -0.1) is 0 Å². The third-order valence-electron chi connectivity index (χ3n) is 3.51. The van der Waals surface area contributed by atoms with Gasteiger partial charge in [0, 0.05) is 31.4 Å². The van der Waals surface area contributed by atoms with Crippen molar-refractivity contribution in [2.75, 3.05) is 24.5 Å². The number of nitrogens with zero attached hydrogens (tertiary/aromatic N) is 3. The molecular formula is C15H18N4. The Hall–Kier alpha value is -1.94. The third kappa shape index (κ3) is 2.58. The Balaban J connectivity index is 1.93. The molecule has 0 unspecified atom stereocenters. The first kappa shape index (κ1) is 12.1. The number of rotatable bonds is 2. The molecule has 0 spiro atoms. The summed E-state index contributed by atoms with van der Waals surface area (Å²) in [5, 5.41) is 3.46. The summed E-state index contributed by atoms with van der Waals surface area (Å²) in [7, 11) is 0. The van der Waals surface area contributed by atoms with Crippen LogP contribution in [0.25, 0.3) is 0 Å². The summed E-state index contributed by atoms with van der Waals surface area (Å²) >= 11 is 0. The molecule has 98 valence electrons. The van der Waals surface area contributed by atoms with E-state index in [0.717, 1.165) is 31.1 Å². The minimum absolute atomic E-state index is 0.337. The molecule has 1 aliphatic rings. The second-order valence-corrected chi connectivity index (χ2v) is 4.84. The van der Waals surface area contributed by atoms with Crippen LogP contribution >= 0.6 is 0 Å². The number of aromatic nitrogens is 2. The second-order valence-electron chi connectivity index (χ2n) is 4.84. The van der Waals surface area contributed by atoms with Crippen molar-refractivity contribution in [3.05, 3.63) is 54.0 Å². The number of benzene rings is 1. The van der Waals surface area contributed by atoms with E-state index in [1.807, 2.05) is 6.92 Å². The molecule has 1 aromatic heterocycles. The summed E-state index contributed by atoms with van der Waals surface area (Å²) in [6.07, 6.45) is 1.65. The van der Waals surface area contributed by atoms with E-state index in [0.29, 0.717) is 6.04 Å². The molecule has 1 aliphatic heterocycles. The van der Waals surface area contributed by atoms with Gasteiger partial charge >= 0.3 is 0 Å². The van der Waals surface area contributed by atoms with Crippen LogP contribution in [-0.2, 0) is 0 Å². The summed E-state index contributed by atoms with van der Waals surface area (Å²) in [5.41, 5.74) is 2.33. The minimum atomic E-state index is 0.337. The lowest BCUT2D eigenvalue weighted by Gasteiger charge is -2.37. The molecule has 19 heavy (non-hydrogen) atoms. The van der Waals surface area contributed by atoms with Crippen molar-refractivity contribution in [1.82, 2.24) is 15.3 Å². The molecule has 0 amide bonds. The van der Waals surface area contributed by atoms with Crippen LogP contribution in [0.5, 0.6) is 0 Å². The van der Waals surface area contributed by atoms with Gasteiger partial charge in [-0.2, -0.15) is 0 Å². The van der Waals surface area contributed by atoms with Gasteiger partial charge in [0.05, 0.1) is 6.04 Å². The number of aryl methyl sites for hydroxylation is 1. The first-order chi connectivity index (χ1) is 9.34. The van der Waals surface area contributed by atoms with E-state index in [1.54, 1.807) is 6.33 Å². The highest BCUT2D eigenvalue weighted by Crippen LogP contribution is 2.26. The van der Waals surface area contributed by atoms with Crippen molar-refractivity contribution in [1.29, 1.82) is 0 Å². The van der Waals surface area contributed by atoms with Crippen LogP contribution < -0.4 is 10.2 Å². The zero-order valence-electron chi connectivity index (χ0n) is 11.1. The maximum Gasteiger partial charge on any atom is 0.132 e. The lowest BCUT2D eigenvalue weighted by molar-refractivity contribution is 0.486. The van der Waals surface area contributed by atoms with E-state index >= 15 is 0 Å². The first-order valence-electron chi connectivity index (χ1n) is 6.65. The standard InChI is InChI=1S/C15H18N4/c1-12-9-15(18-11-17-12)19-8-7-16-10-14(19)13-5-3-2-4-6-13/h2-6,9,11,14,16H,7-8,10H2,1H3/t14-/m0/s1. The SMILES string of the molecule is Cc1cc(N2CCNC[C@H]2c2ccccc2)ncn1. The summed E-state index contributed by atoms with van der Waals surface area (Å²) in [6, 6.07) is 13.0. The van der Waals surface area contributed by atoms with Crippen LogP contribution in [-0.4, -0.2) is 29.6 Å². The summed E-state index contributed by atoms with van der Waals surface area (Å²) < 4.78 is 0. The maximum absolute atomic E-state index is 4.43. The van der Waals surface area contributed by atoms with Crippen LogP contribution in [0, 0.1) is 6.92 Å². The second kappa shape index (κ2) is 5.36. The largest absolute Gasteiger partial charge is 0.347 e. The predicted octanol–water partition coefficient (Wildman–Crippen LogP) is 1.94. The van der Waals surface area contributed by atoms with Crippen LogP contribution in [0.3, 0.4) is 0 Å². The lowest BCUT2D eigenvalue weighted by atomic mass is 10.0. The molecule has 0 saturated carbocycles.